The van der Waals surface area contributed by atoms with Gasteiger partial charge in [-0.1, -0.05) is 11.3 Å². The minimum Gasteiger partial charge on any atom is -0.347 e. The highest BCUT2D eigenvalue weighted by Crippen LogP contribution is 2.29. The van der Waals surface area contributed by atoms with E-state index in [9.17, 15) is 4.39 Å². The SMILES string of the molecule is Cc1ccncc1CN(C)c1nc2ccc(F)cc2s1. The van der Waals surface area contributed by atoms with Crippen LogP contribution in [0.4, 0.5) is 9.52 Å². The molecule has 0 saturated heterocycles. The van der Waals surface area contributed by atoms with E-state index >= 15 is 0 Å². The van der Waals surface area contributed by atoms with Gasteiger partial charge in [-0.15, -0.1) is 0 Å². The third-order valence-electron chi connectivity index (χ3n) is 3.22. The third-order valence-corrected chi connectivity index (χ3v) is 4.35. The van der Waals surface area contributed by atoms with E-state index in [2.05, 4.69) is 21.8 Å². The summed E-state index contributed by atoms with van der Waals surface area (Å²) < 4.78 is 14.1. The number of fused-ring (bicyclic) bond motifs is 1. The van der Waals surface area contributed by atoms with Crippen LogP contribution in [0, 0.1) is 12.7 Å². The number of hydrogen-bond donors (Lipinski definition) is 0. The van der Waals surface area contributed by atoms with Crippen LogP contribution in [0.3, 0.4) is 0 Å². The van der Waals surface area contributed by atoms with Crippen LogP contribution in [-0.4, -0.2) is 17.0 Å². The Kier molecular flexibility index (Phi) is 3.36. The van der Waals surface area contributed by atoms with Crippen molar-refractivity contribution in [3.63, 3.8) is 0 Å². The van der Waals surface area contributed by atoms with Crippen LogP contribution in [0.2, 0.25) is 0 Å². The molecule has 0 radical (unpaired) electrons. The van der Waals surface area contributed by atoms with Crippen LogP contribution < -0.4 is 4.90 Å². The van der Waals surface area contributed by atoms with Crippen molar-refractivity contribution in [1.82, 2.24) is 9.97 Å². The lowest BCUT2D eigenvalue weighted by molar-refractivity contribution is 0.630. The van der Waals surface area contributed by atoms with E-state index in [1.54, 1.807) is 12.3 Å². The summed E-state index contributed by atoms with van der Waals surface area (Å²) in [5.41, 5.74) is 3.21. The van der Waals surface area contributed by atoms with Gasteiger partial charge >= 0.3 is 0 Å². The Morgan fingerprint density at radius 2 is 2.15 bits per heavy atom. The lowest BCUT2D eigenvalue weighted by atomic mass is 10.1. The molecule has 102 valence electrons. The maximum atomic E-state index is 13.2. The highest BCUT2D eigenvalue weighted by Gasteiger charge is 2.10. The molecular weight excluding hydrogens is 273 g/mol. The topological polar surface area (TPSA) is 29.0 Å². The standard InChI is InChI=1S/C15H14FN3S/c1-10-5-6-17-8-11(10)9-19(2)15-18-13-4-3-12(16)7-14(13)20-15/h3-8H,9H2,1-2H3. The van der Waals surface area contributed by atoms with Crippen molar-refractivity contribution in [3.8, 4) is 0 Å². The molecule has 0 aliphatic carbocycles. The lowest BCUT2D eigenvalue weighted by Gasteiger charge is -2.16. The van der Waals surface area contributed by atoms with Gasteiger partial charge in [0.1, 0.15) is 5.82 Å². The fourth-order valence-corrected chi connectivity index (χ4v) is 2.99. The van der Waals surface area contributed by atoms with Gasteiger partial charge in [0.05, 0.1) is 10.2 Å². The molecule has 2 heterocycles. The Balaban J connectivity index is 1.89. The minimum atomic E-state index is -0.224. The highest BCUT2D eigenvalue weighted by molar-refractivity contribution is 7.22. The molecule has 0 fully saturated rings. The number of halogens is 1. The van der Waals surface area contributed by atoms with E-state index < -0.39 is 0 Å². The van der Waals surface area contributed by atoms with Crippen molar-refractivity contribution in [2.24, 2.45) is 0 Å². The zero-order chi connectivity index (χ0) is 14.1. The summed E-state index contributed by atoms with van der Waals surface area (Å²) >= 11 is 1.50. The molecule has 3 aromatic rings. The summed E-state index contributed by atoms with van der Waals surface area (Å²) in [4.78, 5) is 10.8. The summed E-state index contributed by atoms with van der Waals surface area (Å²) in [6.45, 7) is 2.81. The number of aryl methyl sites for hydroxylation is 1. The average molecular weight is 287 g/mol. The molecule has 0 aliphatic rings. The Bertz CT molecular complexity index is 754. The van der Waals surface area contributed by atoms with Crippen molar-refractivity contribution in [2.45, 2.75) is 13.5 Å². The van der Waals surface area contributed by atoms with Crippen molar-refractivity contribution in [3.05, 3.63) is 53.6 Å². The number of rotatable bonds is 3. The smallest absolute Gasteiger partial charge is 0.186 e. The Hall–Kier alpha value is -2.01. The second kappa shape index (κ2) is 5.17. The van der Waals surface area contributed by atoms with Gasteiger partial charge in [0.2, 0.25) is 0 Å². The van der Waals surface area contributed by atoms with Crippen molar-refractivity contribution in [2.75, 3.05) is 11.9 Å². The number of nitrogens with zero attached hydrogens (tertiary/aromatic N) is 3. The average Bonchev–Trinajstić information content (AvgIpc) is 2.84. The fraction of sp³-hybridized carbons (Fsp3) is 0.200. The molecule has 3 rings (SSSR count). The second-order valence-corrected chi connectivity index (χ2v) is 5.78. The lowest BCUT2D eigenvalue weighted by Crippen LogP contribution is -2.16. The maximum absolute atomic E-state index is 13.2. The highest BCUT2D eigenvalue weighted by atomic mass is 32.1. The van der Waals surface area contributed by atoms with Crippen LogP contribution in [0.1, 0.15) is 11.1 Å². The molecule has 5 heteroatoms. The monoisotopic (exact) mass is 287 g/mol. The quantitative estimate of drug-likeness (QED) is 0.734. The van der Waals surface area contributed by atoms with Crippen molar-refractivity contribution >= 4 is 26.7 Å². The van der Waals surface area contributed by atoms with Crippen LogP contribution in [0.25, 0.3) is 10.2 Å². The third kappa shape index (κ3) is 2.49. The van der Waals surface area contributed by atoms with E-state index in [1.807, 2.05) is 19.3 Å². The van der Waals surface area contributed by atoms with E-state index in [1.165, 1.54) is 34.6 Å². The first-order chi connectivity index (χ1) is 9.63. The summed E-state index contributed by atoms with van der Waals surface area (Å²) in [6.07, 6.45) is 3.66. The zero-order valence-electron chi connectivity index (χ0n) is 11.3. The minimum absolute atomic E-state index is 0.224. The first-order valence-electron chi connectivity index (χ1n) is 6.30. The van der Waals surface area contributed by atoms with Gasteiger partial charge in [0, 0.05) is 26.0 Å². The first kappa shape index (κ1) is 13.0. The van der Waals surface area contributed by atoms with E-state index in [0.29, 0.717) is 0 Å². The Morgan fingerprint density at radius 3 is 2.95 bits per heavy atom. The predicted octanol–water partition coefficient (Wildman–Crippen LogP) is 3.78. The van der Waals surface area contributed by atoms with Gasteiger partial charge in [-0.3, -0.25) is 4.98 Å². The Morgan fingerprint density at radius 1 is 1.30 bits per heavy atom. The van der Waals surface area contributed by atoms with Gasteiger partial charge < -0.3 is 4.90 Å². The molecule has 0 N–H and O–H groups in total. The van der Waals surface area contributed by atoms with Gasteiger partial charge in [0.25, 0.3) is 0 Å². The normalized spacial score (nSPS) is 10.9. The fourth-order valence-electron chi connectivity index (χ4n) is 2.03. The molecule has 2 aromatic heterocycles. The zero-order valence-corrected chi connectivity index (χ0v) is 12.1. The molecule has 0 amide bonds. The summed E-state index contributed by atoms with van der Waals surface area (Å²) in [7, 11) is 1.99. The second-order valence-electron chi connectivity index (χ2n) is 4.77. The maximum Gasteiger partial charge on any atom is 0.186 e. The summed E-state index contributed by atoms with van der Waals surface area (Å²) in [5, 5.41) is 0.883. The number of pyridine rings is 1. The van der Waals surface area contributed by atoms with Crippen LogP contribution in [0.15, 0.2) is 36.7 Å². The van der Waals surface area contributed by atoms with E-state index in [-0.39, 0.29) is 5.82 Å². The first-order valence-corrected chi connectivity index (χ1v) is 7.12. The molecular formula is C15H14FN3S. The van der Waals surface area contributed by atoms with Crippen LogP contribution >= 0.6 is 11.3 Å². The molecule has 0 saturated carbocycles. The number of thiazole rings is 1. The number of hydrogen-bond acceptors (Lipinski definition) is 4. The summed E-state index contributed by atoms with van der Waals surface area (Å²) in [5.74, 6) is -0.224. The molecule has 1 aromatic carbocycles. The van der Waals surface area contributed by atoms with E-state index in [4.69, 9.17) is 0 Å². The molecule has 0 aliphatic heterocycles. The largest absolute Gasteiger partial charge is 0.347 e. The van der Waals surface area contributed by atoms with Crippen LogP contribution in [-0.2, 0) is 6.54 Å². The van der Waals surface area contributed by atoms with Crippen LogP contribution in [0.5, 0.6) is 0 Å². The van der Waals surface area contributed by atoms with E-state index in [0.717, 1.165) is 21.9 Å². The summed E-state index contributed by atoms with van der Waals surface area (Å²) in [6, 6.07) is 6.68. The van der Waals surface area contributed by atoms with Gasteiger partial charge in [-0.05, 0) is 42.3 Å². The molecule has 0 atom stereocenters. The molecule has 3 nitrogen and oxygen atoms in total. The van der Waals surface area contributed by atoms with Gasteiger partial charge in [-0.2, -0.15) is 0 Å². The molecule has 0 unspecified atom stereocenters. The van der Waals surface area contributed by atoms with Crippen molar-refractivity contribution in [1.29, 1.82) is 0 Å². The van der Waals surface area contributed by atoms with Crippen molar-refractivity contribution < 1.29 is 4.39 Å². The Labute approximate surface area is 120 Å². The molecule has 0 spiro atoms. The number of aromatic nitrogens is 2. The predicted molar refractivity (Wildman–Crippen MR) is 80.7 cm³/mol. The number of benzene rings is 1. The van der Waals surface area contributed by atoms with Gasteiger partial charge in [0.15, 0.2) is 5.13 Å². The van der Waals surface area contributed by atoms with Gasteiger partial charge in [-0.25, -0.2) is 9.37 Å². The molecule has 0 bridgehead atoms. The number of anilines is 1. The molecule has 20 heavy (non-hydrogen) atoms.